The molecule has 0 saturated heterocycles. The normalized spacial score (nSPS) is 11.3. The van der Waals surface area contributed by atoms with E-state index in [0.29, 0.717) is 32.3 Å². The lowest BCUT2D eigenvalue weighted by molar-refractivity contribution is 0.146. The van der Waals surface area contributed by atoms with Gasteiger partial charge in [0.2, 0.25) is 0 Å². The number of ether oxygens (including phenoxy) is 2. The highest BCUT2D eigenvalue weighted by Crippen LogP contribution is 2.14. The Balaban J connectivity index is 1.98. The van der Waals surface area contributed by atoms with Crippen LogP contribution in [-0.4, -0.2) is 32.8 Å². The number of guanidine groups is 1. The van der Waals surface area contributed by atoms with Crippen LogP contribution in [0.2, 0.25) is 0 Å². The van der Waals surface area contributed by atoms with E-state index < -0.39 is 11.6 Å². The first-order chi connectivity index (χ1) is 13.1. The van der Waals surface area contributed by atoms with Gasteiger partial charge in [0, 0.05) is 25.8 Å². The summed E-state index contributed by atoms with van der Waals surface area (Å²) in [5.41, 5.74) is 1.22. The molecule has 2 N–H and O–H groups in total. The van der Waals surface area contributed by atoms with Crippen molar-refractivity contribution in [3.63, 3.8) is 0 Å². The molecule has 0 radical (unpaired) electrons. The molecule has 0 saturated carbocycles. The minimum absolute atomic E-state index is 0.135. The highest BCUT2D eigenvalue weighted by Gasteiger charge is 2.05. The minimum atomic E-state index is -0.472. The molecular weight excluding hydrogens is 352 g/mol. The lowest BCUT2D eigenvalue weighted by Crippen LogP contribution is -2.37. The van der Waals surface area contributed by atoms with Crippen molar-refractivity contribution in [2.24, 2.45) is 4.99 Å². The van der Waals surface area contributed by atoms with Gasteiger partial charge in [-0.25, -0.2) is 13.8 Å². The average Bonchev–Trinajstić information content (AvgIpc) is 2.67. The first-order valence-corrected chi connectivity index (χ1v) is 8.79. The Bertz CT molecular complexity index is 754. The zero-order chi connectivity index (χ0) is 19.5. The van der Waals surface area contributed by atoms with Crippen LogP contribution >= 0.6 is 0 Å². The second-order valence-corrected chi connectivity index (χ2v) is 5.77. The highest BCUT2D eigenvalue weighted by atomic mass is 19.1. The summed E-state index contributed by atoms with van der Waals surface area (Å²) >= 11 is 0. The van der Waals surface area contributed by atoms with E-state index in [1.165, 1.54) is 6.07 Å². The number of methoxy groups -OCH3 is 1. The van der Waals surface area contributed by atoms with E-state index in [0.717, 1.165) is 23.4 Å². The summed E-state index contributed by atoms with van der Waals surface area (Å²) in [5, 5.41) is 6.10. The molecule has 2 aromatic rings. The number of nitrogens with zero attached hydrogens (tertiary/aromatic N) is 1. The van der Waals surface area contributed by atoms with Gasteiger partial charge in [0.15, 0.2) is 5.96 Å². The van der Waals surface area contributed by atoms with Crippen molar-refractivity contribution < 1.29 is 18.3 Å². The predicted octanol–water partition coefficient (Wildman–Crippen LogP) is 3.25. The SMILES string of the molecule is CCNC(=NCc1cccc(OCCOC)c1)NCc1cc(F)ccc1F. The molecule has 0 aliphatic heterocycles. The van der Waals surface area contributed by atoms with E-state index >= 15 is 0 Å². The molecule has 0 heterocycles. The maximum Gasteiger partial charge on any atom is 0.191 e. The van der Waals surface area contributed by atoms with Gasteiger partial charge >= 0.3 is 0 Å². The van der Waals surface area contributed by atoms with Crippen LogP contribution < -0.4 is 15.4 Å². The summed E-state index contributed by atoms with van der Waals surface area (Å²) in [7, 11) is 1.62. The molecule has 0 fully saturated rings. The van der Waals surface area contributed by atoms with Crippen LogP contribution in [-0.2, 0) is 17.8 Å². The van der Waals surface area contributed by atoms with Crippen molar-refractivity contribution in [1.82, 2.24) is 10.6 Å². The number of halogens is 2. The van der Waals surface area contributed by atoms with E-state index in [9.17, 15) is 8.78 Å². The van der Waals surface area contributed by atoms with Crippen LogP contribution in [0.1, 0.15) is 18.1 Å². The van der Waals surface area contributed by atoms with Crippen LogP contribution in [0, 0.1) is 11.6 Å². The Morgan fingerprint density at radius 3 is 2.70 bits per heavy atom. The van der Waals surface area contributed by atoms with Gasteiger partial charge in [-0.05, 0) is 42.8 Å². The first-order valence-electron chi connectivity index (χ1n) is 8.79. The third-order valence-electron chi connectivity index (χ3n) is 3.67. The summed E-state index contributed by atoms with van der Waals surface area (Å²) < 4.78 is 37.6. The number of aliphatic imine (C=N–C) groups is 1. The fraction of sp³-hybridized carbons (Fsp3) is 0.350. The summed E-state index contributed by atoms with van der Waals surface area (Å²) in [6.45, 7) is 4.14. The van der Waals surface area contributed by atoms with Crippen LogP contribution in [0.4, 0.5) is 8.78 Å². The summed E-state index contributed by atoms with van der Waals surface area (Å²) in [6.07, 6.45) is 0. The minimum Gasteiger partial charge on any atom is -0.491 e. The maximum absolute atomic E-state index is 13.7. The standard InChI is InChI=1S/C20H25F2N3O2/c1-3-23-20(25-14-16-12-17(21)7-8-19(16)22)24-13-15-5-4-6-18(11-15)27-10-9-26-2/h4-8,11-12H,3,9-10,13-14H2,1-2H3,(H2,23,24,25). The summed E-state index contributed by atoms with van der Waals surface area (Å²) in [6, 6.07) is 11.0. The Kier molecular flexibility index (Phi) is 8.51. The van der Waals surface area contributed by atoms with Crippen LogP contribution in [0.25, 0.3) is 0 Å². The van der Waals surface area contributed by atoms with Gasteiger partial charge in [-0.15, -0.1) is 0 Å². The average molecular weight is 377 g/mol. The molecule has 2 rings (SSSR count). The molecule has 0 amide bonds. The second kappa shape index (κ2) is 11.1. The van der Waals surface area contributed by atoms with E-state index in [2.05, 4.69) is 15.6 Å². The smallest absolute Gasteiger partial charge is 0.191 e. The Hall–Kier alpha value is -2.67. The summed E-state index contributed by atoms with van der Waals surface area (Å²) in [5.74, 6) is 0.340. The molecule has 2 aromatic carbocycles. The number of rotatable bonds is 9. The van der Waals surface area contributed by atoms with Crippen molar-refractivity contribution >= 4 is 5.96 Å². The molecule has 0 aromatic heterocycles. The molecule has 0 aliphatic rings. The lowest BCUT2D eigenvalue weighted by Gasteiger charge is -2.12. The zero-order valence-electron chi connectivity index (χ0n) is 15.6. The molecule has 0 unspecified atom stereocenters. The maximum atomic E-state index is 13.7. The van der Waals surface area contributed by atoms with Crippen LogP contribution in [0.5, 0.6) is 5.75 Å². The van der Waals surface area contributed by atoms with E-state index in [1.807, 2.05) is 31.2 Å². The number of hydrogen-bond acceptors (Lipinski definition) is 3. The van der Waals surface area contributed by atoms with Crippen molar-refractivity contribution in [3.05, 3.63) is 65.2 Å². The zero-order valence-corrected chi connectivity index (χ0v) is 15.6. The van der Waals surface area contributed by atoms with Crippen molar-refractivity contribution in [2.45, 2.75) is 20.0 Å². The number of benzene rings is 2. The molecule has 146 valence electrons. The van der Waals surface area contributed by atoms with Gasteiger partial charge in [-0.3, -0.25) is 0 Å². The monoisotopic (exact) mass is 377 g/mol. The lowest BCUT2D eigenvalue weighted by atomic mass is 10.2. The second-order valence-electron chi connectivity index (χ2n) is 5.77. The van der Waals surface area contributed by atoms with Gasteiger partial charge in [0.25, 0.3) is 0 Å². The topological polar surface area (TPSA) is 54.9 Å². The molecular formula is C20H25F2N3O2. The first kappa shape index (κ1) is 20.6. The Labute approximate surface area is 158 Å². The largest absolute Gasteiger partial charge is 0.491 e. The Morgan fingerprint density at radius 2 is 1.93 bits per heavy atom. The molecule has 0 atom stereocenters. The molecule has 27 heavy (non-hydrogen) atoms. The number of nitrogens with one attached hydrogen (secondary N) is 2. The van der Waals surface area contributed by atoms with E-state index in [1.54, 1.807) is 7.11 Å². The predicted molar refractivity (Wildman–Crippen MR) is 102 cm³/mol. The van der Waals surface area contributed by atoms with Crippen molar-refractivity contribution in [3.8, 4) is 5.75 Å². The Morgan fingerprint density at radius 1 is 1.07 bits per heavy atom. The highest BCUT2D eigenvalue weighted by molar-refractivity contribution is 5.79. The molecule has 5 nitrogen and oxygen atoms in total. The van der Waals surface area contributed by atoms with Crippen LogP contribution in [0.15, 0.2) is 47.5 Å². The molecule has 0 bridgehead atoms. The van der Waals surface area contributed by atoms with Gasteiger partial charge in [0.05, 0.1) is 13.2 Å². The molecule has 7 heteroatoms. The third kappa shape index (κ3) is 7.22. The third-order valence-corrected chi connectivity index (χ3v) is 3.67. The molecule has 0 aliphatic carbocycles. The van der Waals surface area contributed by atoms with Crippen molar-refractivity contribution in [2.75, 3.05) is 26.9 Å². The van der Waals surface area contributed by atoms with E-state index in [-0.39, 0.29) is 12.1 Å². The van der Waals surface area contributed by atoms with Gasteiger partial charge in [-0.1, -0.05) is 12.1 Å². The van der Waals surface area contributed by atoms with Crippen molar-refractivity contribution in [1.29, 1.82) is 0 Å². The van der Waals surface area contributed by atoms with Gasteiger partial charge < -0.3 is 20.1 Å². The van der Waals surface area contributed by atoms with Gasteiger partial charge in [0.1, 0.15) is 24.0 Å². The van der Waals surface area contributed by atoms with Crippen LogP contribution in [0.3, 0.4) is 0 Å². The van der Waals surface area contributed by atoms with E-state index in [4.69, 9.17) is 9.47 Å². The number of hydrogen-bond donors (Lipinski definition) is 2. The fourth-order valence-electron chi connectivity index (χ4n) is 2.35. The summed E-state index contributed by atoms with van der Waals surface area (Å²) in [4.78, 5) is 4.49. The van der Waals surface area contributed by atoms with Gasteiger partial charge in [-0.2, -0.15) is 0 Å². The fourth-order valence-corrected chi connectivity index (χ4v) is 2.35. The quantitative estimate of drug-likeness (QED) is 0.400. The molecule has 0 spiro atoms.